The Morgan fingerprint density at radius 1 is 0.867 bits per heavy atom. The summed E-state index contributed by atoms with van der Waals surface area (Å²) >= 11 is 6.27. The first-order valence-corrected chi connectivity index (χ1v) is 9.89. The number of carbonyl (C=O) groups excluding carboxylic acids is 1. The number of hydrogen-bond acceptors (Lipinski definition) is 3. The van der Waals surface area contributed by atoms with Crippen LogP contribution in [0.1, 0.15) is 15.9 Å². The second kappa shape index (κ2) is 7.28. The van der Waals surface area contributed by atoms with E-state index in [2.05, 4.69) is 15.5 Å². The Morgan fingerprint density at radius 2 is 1.60 bits per heavy atom. The van der Waals surface area contributed by atoms with Crippen LogP contribution in [0.15, 0.2) is 78.9 Å². The van der Waals surface area contributed by atoms with Gasteiger partial charge in [0, 0.05) is 21.7 Å². The van der Waals surface area contributed by atoms with Gasteiger partial charge in [-0.1, -0.05) is 53.6 Å². The van der Waals surface area contributed by atoms with E-state index in [1.165, 1.54) is 5.56 Å². The van der Waals surface area contributed by atoms with Crippen molar-refractivity contribution in [2.45, 2.75) is 6.92 Å². The molecule has 1 N–H and O–H groups in total. The third-order valence-corrected chi connectivity index (χ3v) is 5.35. The molecule has 0 aliphatic rings. The Labute approximate surface area is 177 Å². The normalized spacial score (nSPS) is 11.1. The van der Waals surface area contributed by atoms with Gasteiger partial charge >= 0.3 is 0 Å². The van der Waals surface area contributed by atoms with Crippen LogP contribution in [0.3, 0.4) is 0 Å². The number of aromatic nitrogens is 3. The maximum Gasteiger partial charge on any atom is 0.256 e. The van der Waals surface area contributed by atoms with Gasteiger partial charge in [0.1, 0.15) is 11.0 Å². The van der Waals surface area contributed by atoms with Crippen LogP contribution >= 0.6 is 11.6 Å². The standard InChI is InChI=1S/C24H17ClN4O/c1-15-8-11-17(12-9-15)29-27-22-13-10-16(14-23(22)28-29)26-24(30)20-6-2-5-19-18(20)4-3-7-21(19)25/h2-14H,1H3,(H,26,30). The first-order valence-electron chi connectivity index (χ1n) is 9.51. The first kappa shape index (κ1) is 18.3. The number of carbonyl (C=O) groups is 1. The molecule has 0 bridgehead atoms. The molecular formula is C24H17ClN4O. The maximum atomic E-state index is 12.9. The van der Waals surface area contributed by atoms with Gasteiger partial charge in [-0.15, -0.1) is 10.2 Å². The third kappa shape index (κ3) is 3.29. The summed E-state index contributed by atoms with van der Waals surface area (Å²) in [6.45, 7) is 2.04. The number of rotatable bonds is 3. The predicted molar refractivity (Wildman–Crippen MR) is 121 cm³/mol. The molecule has 1 aromatic heterocycles. The number of aryl methyl sites for hydroxylation is 1. The Hall–Kier alpha value is -3.70. The first-order chi connectivity index (χ1) is 14.6. The fourth-order valence-corrected chi connectivity index (χ4v) is 3.69. The molecular weight excluding hydrogens is 396 g/mol. The van der Waals surface area contributed by atoms with Crippen LogP contribution in [-0.2, 0) is 0 Å². The van der Waals surface area contributed by atoms with E-state index in [-0.39, 0.29) is 5.91 Å². The van der Waals surface area contributed by atoms with Crippen LogP contribution in [0.2, 0.25) is 5.02 Å². The van der Waals surface area contributed by atoms with E-state index in [9.17, 15) is 4.79 Å². The number of nitrogens with zero attached hydrogens (tertiary/aromatic N) is 3. The molecule has 0 saturated carbocycles. The van der Waals surface area contributed by atoms with Gasteiger partial charge in [-0.3, -0.25) is 4.79 Å². The summed E-state index contributed by atoms with van der Waals surface area (Å²) in [6.07, 6.45) is 0. The van der Waals surface area contributed by atoms with Crippen molar-refractivity contribution < 1.29 is 4.79 Å². The number of fused-ring (bicyclic) bond motifs is 2. The van der Waals surface area contributed by atoms with E-state index in [1.54, 1.807) is 10.9 Å². The summed E-state index contributed by atoms with van der Waals surface area (Å²) in [5, 5.41) is 14.3. The summed E-state index contributed by atoms with van der Waals surface area (Å²) in [5.74, 6) is -0.201. The van der Waals surface area contributed by atoms with E-state index in [4.69, 9.17) is 11.6 Å². The van der Waals surface area contributed by atoms with E-state index < -0.39 is 0 Å². The zero-order chi connectivity index (χ0) is 20.7. The van der Waals surface area contributed by atoms with Gasteiger partial charge < -0.3 is 5.32 Å². The molecule has 30 heavy (non-hydrogen) atoms. The van der Waals surface area contributed by atoms with Crippen molar-refractivity contribution in [3.05, 3.63) is 95.0 Å². The fraction of sp³-hybridized carbons (Fsp3) is 0.0417. The molecule has 0 aliphatic carbocycles. The molecule has 1 heterocycles. The Kier molecular flexibility index (Phi) is 4.45. The third-order valence-electron chi connectivity index (χ3n) is 5.02. The summed E-state index contributed by atoms with van der Waals surface area (Å²) < 4.78 is 0. The van der Waals surface area contributed by atoms with Crippen molar-refractivity contribution in [3.63, 3.8) is 0 Å². The quantitative estimate of drug-likeness (QED) is 0.408. The van der Waals surface area contributed by atoms with Gasteiger partial charge in [0.25, 0.3) is 5.91 Å². The second-order valence-corrected chi connectivity index (χ2v) is 7.53. The zero-order valence-electron chi connectivity index (χ0n) is 16.1. The molecule has 4 aromatic carbocycles. The molecule has 0 radical (unpaired) electrons. The molecule has 5 nitrogen and oxygen atoms in total. The van der Waals surface area contributed by atoms with Crippen LogP contribution in [0.5, 0.6) is 0 Å². The molecule has 0 fully saturated rings. The highest BCUT2D eigenvalue weighted by Gasteiger charge is 2.13. The molecule has 0 atom stereocenters. The maximum absolute atomic E-state index is 12.9. The van der Waals surface area contributed by atoms with Gasteiger partial charge in [-0.25, -0.2) is 0 Å². The van der Waals surface area contributed by atoms with Gasteiger partial charge in [0.15, 0.2) is 0 Å². The van der Waals surface area contributed by atoms with Crippen molar-refractivity contribution in [1.82, 2.24) is 15.0 Å². The van der Waals surface area contributed by atoms with Crippen molar-refractivity contribution >= 4 is 45.0 Å². The molecule has 1 amide bonds. The molecule has 0 unspecified atom stereocenters. The number of anilines is 1. The minimum atomic E-state index is -0.201. The van der Waals surface area contributed by atoms with Crippen LogP contribution in [0.25, 0.3) is 27.5 Å². The fourth-order valence-electron chi connectivity index (χ4n) is 3.45. The van der Waals surface area contributed by atoms with Crippen molar-refractivity contribution in [3.8, 4) is 5.69 Å². The number of hydrogen-bond donors (Lipinski definition) is 1. The number of amides is 1. The lowest BCUT2D eigenvalue weighted by molar-refractivity contribution is 0.102. The highest BCUT2D eigenvalue weighted by atomic mass is 35.5. The summed E-state index contributed by atoms with van der Waals surface area (Å²) in [7, 11) is 0. The van der Waals surface area contributed by atoms with Gasteiger partial charge in [-0.2, -0.15) is 4.80 Å². The lowest BCUT2D eigenvalue weighted by Gasteiger charge is -2.09. The topological polar surface area (TPSA) is 59.8 Å². The van der Waals surface area contributed by atoms with Gasteiger partial charge in [0.2, 0.25) is 0 Å². The van der Waals surface area contributed by atoms with Gasteiger partial charge in [0.05, 0.1) is 5.69 Å². The molecule has 0 saturated heterocycles. The van der Waals surface area contributed by atoms with Crippen LogP contribution in [-0.4, -0.2) is 20.9 Å². The smallest absolute Gasteiger partial charge is 0.256 e. The van der Waals surface area contributed by atoms with Crippen molar-refractivity contribution in [2.24, 2.45) is 0 Å². The summed E-state index contributed by atoms with van der Waals surface area (Å²) in [6, 6.07) is 24.6. The molecule has 0 aliphatic heterocycles. The number of halogens is 1. The summed E-state index contributed by atoms with van der Waals surface area (Å²) in [4.78, 5) is 14.5. The second-order valence-electron chi connectivity index (χ2n) is 7.12. The predicted octanol–water partition coefficient (Wildman–Crippen LogP) is 5.79. The number of nitrogens with one attached hydrogen (secondary N) is 1. The Morgan fingerprint density at radius 3 is 2.43 bits per heavy atom. The van der Waals surface area contributed by atoms with Crippen molar-refractivity contribution in [1.29, 1.82) is 0 Å². The Bertz CT molecular complexity index is 1410. The number of benzene rings is 4. The van der Waals surface area contributed by atoms with Crippen LogP contribution in [0, 0.1) is 6.92 Å². The van der Waals surface area contributed by atoms with E-state index in [1.807, 2.05) is 79.7 Å². The van der Waals surface area contributed by atoms with Crippen LogP contribution < -0.4 is 5.32 Å². The highest BCUT2D eigenvalue weighted by Crippen LogP contribution is 2.27. The monoisotopic (exact) mass is 412 g/mol. The SMILES string of the molecule is Cc1ccc(-n2nc3ccc(NC(=O)c4cccc5c(Cl)cccc45)cc3n2)cc1. The van der Waals surface area contributed by atoms with E-state index >= 15 is 0 Å². The minimum Gasteiger partial charge on any atom is -0.322 e. The van der Waals surface area contributed by atoms with Crippen LogP contribution in [0.4, 0.5) is 5.69 Å². The average molecular weight is 413 g/mol. The Balaban J connectivity index is 1.46. The summed E-state index contributed by atoms with van der Waals surface area (Å²) in [5.41, 5.74) is 4.74. The lowest BCUT2D eigenvalue weighted by Crippen LogP contribution is -2.12. The highest BCUT2D eigenvalue weighted by molar-refractivity contribution is 6.36. The van der Waals surface area contributed by atoms with E-state index in [0.29, 0.717) is 21.8 Å². The molecule has 146 valence electrons. The average Bonchev–Trinajstić information content (AvgIpc) is 3.17. The largest absolute Gasteiger partial charge is 0.322 e. The molecule has 6 heteroatoms. The van der Waals surface area contributed by atoms with Gasteiger partial charge in [-0.05, 0) is 54.8 Å². The molecule has 5 aromatic rings. The zero-order valence-corrected chi connectivity index (χ0v) is 16.9. The lowest BCUT2D eigenvalue weighted by atomic mass is 10.0. The van der Waals surface area contributed by atoms with E-state index in [0.717, 1.165) is 22.0 Å². The minimum absolute atomic E-state index is 0.201. The van der Waals surface area contributed by atoms with Crippen molar-refractivity contribution in [2.75, 3.05) is 5.32 Å². The molecule has 0 spiro atoms. The molecule has 5 rings (SSSR count).